The molecule has 5 heteroatoms. The lowest BCUT2D eigenvalue weighted by Gasteiger charge is -2.08. The van der Waals surface area contributed by atoms with Crippen LogP contribution in [0.15, 0.2) is 53.0 Å². The molecule has 0 aromatic heterocycles. The smallest absolute Gasteiger partial charge is 0.335 e. The first-order valence-electron chi connectivity index (χ1n) is 5.93. The molecule has 1 amide bonds. The molecule has 0 saturated carbocycles. The predicted octanol–water partition coefficient (Wildman–Crippen LogP) is 3.33. The van der Waals surface area contributed by atoms with Crippen molar-refractivity contribution < 1.29 is 14.7 Å². The summed E-state index contributed by atoms with van der Waals surface area (Å²) in [7, 11) is 0. The van der Waals surface area contributed by atoms with E-state index in [0.717, 1.165) is 5.56 Å². The molecule has 0 saturated heterocycles. The third-order valence-electron chi connectivity index (χ3n) is 2.70. The minimum atomic E-state index is -1.01. The monoisotopic (exact) mass is 333 g/mol. The van der Waals surface area contributed by atoms with Crippen molar-refractivity contribution in [3.05, 3.63) is 64.1 Å². The highest BCUT2D eigenvalue weighted by molar-refractivity contribution is 9.10. The molecular formula is C15H12BrNO3. The molecule has 2 rings (SSSR count). The Labute approximate surface area is 124 Å². The van der Waals surface area contributed by atoms with E-state index in [2.05, 4.69) is 21.2 Å². The molecule has 0 spiro atoms. The molecule has 0 unspecified atom stereocenters. The summed E-state index contributed by atoms with van der Waals surface area (Å²) in [4.78, 5) is 22.7. The van der Waals surface area contributed by atoms with Crippen molar-refractivity contribution in [1.82, 2.24) is 0 Å². The zero-order valence-corrected chi connectivity index (χ0v) is 12.1. The van der Waals surface area contributed by atoms with Crippen LogP contribution < -0.4 is 5.32 Å². The molecule has 2 aromatic carbocycles. The molecule has 20 heavy (non-hydrogen) atoms. The molecule has 102 valence electrons. The van der Waals surface area contributed by atoms with Crippen molar-refractivity contribution in [2.24, 2.45) is 0 Å². The zero-order chi connectivity index (χ0) is 14.5. The van der Waals surface area contributed by atoms with Crippen LogP contribution in [0.1, 0.15) is 15.9 Å². The van der Waals surface area contributed by atoms with E-state index in [1.54, 1.807) is 6.07 Å². The van der Waals surface area contributed by atoms with Crippen molar-refractivity contribution in [1.29, 1.82) is 0 Å². The molecule has 0 heterocycles. The van der Waals surface area contributed by atoms with Crippen LogP contribution in [0.2, 0.25) is 0 Å². The highest BCUT2D eigenvalue weighted by atomic mass is 79.9. The van der Waals surface area contributed by atoms with Crippen LogP contribution in [-0.4, -0.2) is 17.0 Å². The van der Waals surface area contributed by atoms with Crippen molar-refractivity contribution >= 4 is 33.5 Å². The molecular weight excluding hydrogens is 322 g/mol. The molecule has 0 radical (unpaired) electrons. The van der Waals surface area contributed by atoms with Crippen molar-refractivity contribution in [2.75, 3.05) is 5.32 Å². The van der Waals surface area contributed by atoms with E-state index in [1.165, 1.54) is 12.1 Å². The lowest BCUT2D eigenvalue weighted by molar-refractivity contribution is -0.115. The van der Waals surface area contributed by atoms with Gasteiger partial charge < -0.3 is 10.4 Å². The van der Waals surface area contributed by atoms with Crippen molar-refractivity contribution in [2.45, 2.75) is 6.42 Å². The van der Waals surface area contributed by atoms with Gasteiger partial charge in [0, 0.05) is 4.47 Å². The summed E-state index contributed by atoms with van der Waals surface area (Å²) < 4.78 is 0.541. The number of rotatable bonds is 4. The molecule has 4 nitrogen and oxygen atoms in total. The number of halogens is 1. The number of nitrogens with one attached hydrogen (secondary N) is 1. The van der Waals surface area contributed by atoms with Gasteiger partial charge in [0.1, 0.15) is 0 Å². The van der Waals surface area contributed by atoms with Crippen molar-refractivity contribution in [3.8, 4) is 0 Å². The summed E-state index contributed by atoms with van der Waals surface area (Å²) >= 11 is 3.25. The first-order chi connectivity index (χ1) is 9.56. The number of amides is 1. The largest absolute Gasteiger partial charge is 0.478 e. The third-order valence-corrected chi connectivity index (χ3v) is 3.35. The van der Waals surface area contributed by atoms with Gasteiger partial charge in [-0.3, -0.25) is 4.79 Å². The van der Waals surface area contributed by atoms with Crippen LogP contribution in [0.4, 0.5) is 5.69 Å². The number of hydrogen-bond donors (Lipinski definition) is 2. The molecule has 0 bridgehead atoms. The maximum absolute atomic E-state index is 11.9. The normalized spacial score (nSPS) is 10.1. The van der Waals surface area contributed by atoms with E-state index in [4.69, 9.17) is 5.11 Å². The summed E-state index contributed by atoms with van der Waals surface area (Å²) in [5.41, 5.74) is 1.64. The molecule has 0 aliphatic heterocycles. The van der Waals surface area contributed by atoms with Gasteiger partial charge in [-0.1, -0.05) is 30.3 Å². The number of hydrogen-bond acceptors (Lipinski definition) is 2. The highest BCUT2D eigenvalue weighted by Crippen LogP contribution is 2.23. The lowest BCUT2D eigenvalue weighted by Crippen LogP contribution is -2.14. The van der Waals surface area contributed by atoms with Gasteiger partial charge in [-0.25, -0.2) is 4.79 Å². The Morgan fingerprint density at radius 2 is 1.80 bits per heavy atom. The Bertz CT molecular complexity index is 641. The van der Waals surface area contributed by atoms with E-state index in [9.17, 15) is 9.59 Å². The number of aromatic carboxylic acids is 1. The van der Waals surface area contributed by atoms with Gasteiger partial charge in [-0.05, 0) is 39.7 Å². The number of anilines is 1. The van der Waals surface area contributed by atoms with Crippen LogP contribution in [0.3, 0.4) is 0 Å². The zero-order valence-electron chi connectivity index (χ0n) is 10.5. The third kappa shape index (κ3) is 3.68. The number of carbonyl (C=O) groups excluding carboxylic acids is 1. The van der Waals surface area contributed by atoms with E-state index in [0.29, 0.717) is 10.2 Å². The molecule has 2 N–H and O–H groups in total. The minimum Gasteiger partial charge on any atom is -0.478 e. The summed E-state index contributed by atoms with van der Waals surface area (Å²) in [6, 6.07) is 13.9. The van der Waals surface area contributed by atoms with Gasteiger partial charge in [-0.15, -0.1) is 0 Å². The minimum absolute atomic E-state index is 0.153. The predicted molar refractivity (Wildman–Crippen MR) is 79.9 cm³/mol. The van der Waals surface area contributed by atoms with Gasteiger partial charge in [0.05, 0.1) is 17.7 Å². The average Bonchev–Trinajstić information content (AvgIpc) is 2.42. The highest BCUT2D eigenvalue weighted by Gasteiger charge is 2.09. The second-order valence-corrected chi connectivity index (χ2v) is 5.06. The molecule has 0 aliphatic carbocycles. The van der Waals surface area contributed by atoms with Gasteiger partial charge in [-0.2, -0.15) is 0 Å². The summed E-state index contributed by atoms with van der Waals surface area (Å²) in [5.74, 6) is -1.16. The number of carbonyl (C=O) groups is 2. The first-order valence-corrected chi connectivity index (χ1v) is 6.72. The van der Waals surface area contributed by atoms with Crippen LogP contribution in [-0.2, 0) is 11.2 Å². The SMILES string of the molecule is O=C(Cc1ccccc1)Nc1ccc(C(=O)O)cc1Br. The van der Waals surface area contributed by atoms with Gasteiger partial charge in [0.2, 0.25) is 5.91 Å². The summed E-state index contributed by atoms with van der Waals surface area (Å²) in [6.45, 7) is 0. The van der Waals surface area contributed by atoms with Gasteiger partial charge in [0.15, 0.2) is 0 Å². The van der Waals surface area contributed by atoms with E-state index in [-0.39, 0.29) is 17.9 Å². The Kier molecular flexibility index (Phi) is 4.53. The van der Waals surface area contributed by atoms with Crippen LogP contribution in [0, 0.1) is 0 Å². The molecule has 0 fully saturated rings. The maximum Gasteiger partial charge on any atom is 0.335 e. The Hall–Kier alpha value is -2.14. The van der Waals surface area contributed by atoms with Crippen LogP contribution in [0.5, 0.6) is 0 Å². The fourth-order valence-electron chi connectivity index (χ4n) is 1.73. The van der Waals surface area contributed by atoms with Crippen LogP contribution >= 0.6 is 15.9 Å². The second-order valence-electron chi connectivity index (χ2n) is 4.21. The topological polar surface area (TPSA) is 66.4 Å². The molecule has 0 aliphatic rings. The van der Waals surface area contributed by atoms with Gasteiger partial charge >= 0.3 is 5.97 Å². The Balaban J connectivity index is 2.06. The van der Waals surface area contributed by atoms with Gasteiger partial charge in [0.25, 0.3) is 0 Å². The fraction of sp³-hybridized carbons (Fsp3) is 0.0667. The average molecular weight is 334 g/mol. The van der Waals surface area contributed by atoms with E-state index in [1.807, 2.05) is 30.3 Å². The standard InChI is InChI=1S/C15H12BrNO3/c16-12-9-11(15(19)20)6-7-13(12)17-14(18)8-10-4-2-1-3-5-10/h1-7,9H,8H2,(H,17,18)(H,19,20). The van der Waals surface area contributed by atoms with Crippen LogP contribution in [0.25, 0.3) is 0 Å². The van der Waals surface area contributed by atoms with E-state index < -0.39 is 5.97 Å². The Morgan fingerprint density at radius 1 is 1.10 bits per heavy atom. The summed E-state index contributed by atoms with van der Waals surface area (Å²) in [5, 5.41) is 11.6. The molecule has 0 atom stereocenters. The Morgan fingerprint density at radius 3 is 2.40 bits per heavy atom. The number of benzene rings is 2. The maximum atomic E-state index is 11.9. The first kappa shape index (κ1) is 14.3. The lowest BCUT2D eigenvalue weighted by atomic mass is 10.1. The number of carboxylic acid groups (broad SMARTS) is 1. The second kappa shape index (κ2) is 6.34. The summed E-state index contributed by atoms with van der Waals surface area (Å²) in [6.07, 6.45) is 0.272. The number of carboxylic acids is 1. The van der Waals surface area contributed by atoms with E-state index >= 15 is 0 Å². The quantitative estimate of drug-likeness (QED) is 0.901. The fourth-order valence-corrected chi connectivity index (χ4v) is 2.20. The van der Waals surface area contributed by atoms with Crippen molar-refractivity contribution in [3.63, 3.8) is 0 Å². The molecule has 2 aromatic rings.